The highest BCUT2D eigenvalue weighted by atomic mass is 16.6. The average molecular weight is 173 g/mol. The van der Waals surface area contributed by atoms with Crippen LogP contribution in [-0.4, -0.2) is 41.4 Å². The number of amides is 1. The van der Waals surface area contributed by atoms with Gasteiger partial charge in [-0.25, -0.2) is 4.79 Å². The summed E-state index contributed by atoms with van der Waals surface area (Å²) in [7, 11) is 0. The maximum atomic E-state index is 11.1. The van der Waals surface area contributed by atoms with E-state index in [0.29, 0.717) is 13.1 Å². The number of hydrogen-bond donors (Lipinski definition) is 1. The standard InChI is InChI=1S/C8H15NO3/c1-3-6(2)12-8(11)9-4-7(10)5-9/h6-7,10H,3-5H2,1-2H3. The number of aliphatic hydroxyl groups is 1. The Hall–Kier alpha value is -0.770. The van der Waals surface area contributed by atoms with Crippen molar-refractivity contribution in [1.82, 2.24) is 4.90 Å². The molecule has 1 N–H and O–H groups in total. The van der Waals surface area contributed by atoms with Crippen molar-refractivity contribution in [3.63, 3.8) is 0 Å². The summed E-state index contributed by atoms with van der Waals surface area (Å²) in [6.45, 7) is 4.64. The van der Waals surface area contributed by atoms with Crippen molar-refractivity contribution in [2.45, 2.75) is 32.5 Å². The lowest BCUT2D eigenvalue weighted by Crippen LogP contribution is -2.54. The van der Waals surface area contributed by atoms with Gasteiger partial charge >= 0.3 is 6.09 Å². The van der Waals surface area contributed by atoms with Gasteiger partial charge in [-0.05, 0) is 13.3 Å². The van der Waals surface area contributed by atoms with Gasteiger partial charge in [0.1, 0.15) is 6.10 Å². The molecule has 0 spiro atoms. The number of carbonyl (C=O) groups is 1. The van der Waals surface area contributed by atoms with Crippen molar-refractivity contribution in [3.05, 3.63) is 0 Å². The van der Waals surface area contributed by atoms with Gasteiger partial charge in [0, 0.05) is 0 Å². The van der Waals surface area contributed by atoms with E-state index in [0.717, 1.165) is 6.42 Å². The molecule has 1 unspecified atom stereocenters. The van der Waals surface area contributed by atoms with Crippen molar-refractivity contribution < 1.29 is 14.6 Å². The Kier molecular flexibility index (Phi) is 2.92. The van der Waals surface area contributed by atoms with E-state index >= 15 is 0 Å². The molecule has 1 rings (SSSR count). The third-order valence-electron chi connectivity index (χ3n) is 2.00. The molecule has 4 nitrogen and oxygen atoms in total. The van der Waals surface area contributed by atoms with Crippen LogP contribution in [0.5, 0.6) is 0 Å². The Labute approximate surface area is 72.1 Å². The first-order valence-corrected chi connectivity index (χ1v) is 4.27. The monoisotopic (exact) mass is 173 g/mol. The first kappa shape index (κ1) is 9.32. The van der Waals surface area contributed by atoms with Crippen molar-refractivity contribution >= 4 is 6.09 Å². The summed E-state index contributed by atoms with van der Waals surface area (Å²) in [6.07, 6.45) is 0.127. The molecule has 70 valence electrons. The molecule has 0 bridgehead atoms. The van der Waals surface area contributed by atoms with E-state index < -0.39 is 0 Å². The van der Waals surface area contributed by atoms with Gasteiger partial charge in [-0.1, -0.05) is 6.92 Å². The van der Waals surface area contributed by atoms with Crippen molar-refractivity contribution in [1.29, 1.82) is 0 Å². The van der Waals surface area contributed by atoms with Crippen LogP contribution in [-0.2, 0) is 4.74 Å². The quantitative estimate of drug-likeness (QED) is 0.665. The van der Waals surface area contributed by atoms with Crippen molar-refractivity contribution in [3.8, 4) is 0 Å². The summed E-state index contributed by atoms with van der Waals surface area (Å²) in [5, 5.41) is 8.91. The lowest BCUT2D eigenvalue weighted by molar-refractivity contribution is -0.0126. The first-order valence-electron chi connectivity index (χ1n) is 4.27. The number of nitrogens with zero attached hydrogens (tertiary/aromatic N) is 1. The molecule has 0 aromatic carbocycles. The van der Waals surface area contributed by atoms with Crippen LogP contribution in [0.15, 0.2) is 0 Å². The van der Waals surface area contributed by atoms with Crippen LogP contribution in [0, 0.1) is 0 Å². The van der Waals surface area contributed by atoms with Gasteiger partial charge in [0.2, 0.25) is 0 Å². The predicted molar refractivity (Wildman–Crippen MR) is 43.8 cm³/mol. The van der Waals surface area contributed by atoms with Crippen molar-refractivity contribution in [2.24, 2.45) is 0 Å². The molecule has 1 amide bonds. The summed E-state index contributed by atoms with van der Waals surface area (Å²) in [6, 6.07) is 0. The first-order chi connectivity index (χ1) is 5.63. The second-order valence-corrected chi connectivity index (χ2v) is 3.16. The van der Waals surface area contributed by atoms with Crippen LogP contribution in [0.3, 0.4) is 0 Å². The van der Waals surface area contributed by atoms with E-state index in [9.17, 15) is 4.79 Å². The Bertz CT molecular complexity index is 166. The Morgan fingerprint density at radius 2 is 2.33 bits per heavy atom. The van der Waals surface area contributed by atoms with Crippen LogP contribution in [0.4, 0.5) is 4.79 Å². The van der Waals surface area contributed by atoms with Crippen molar-refractivity contribution in [2.75, 3.05) is 13.1 Å². The summed E-state index contributed by atoms with van der Waals surface area (Å²) >= 11 is 0. The fraction of sp³-hybridized carbons (Fsp3) is 0.875. The molecule has 0 aliphatic carbocycles. The van der Waals surface area contributed by atoms with Gasteiger partial charge < -0.3 is 14.7 Å². The molecule has 1 atom stereocenters. The molecule has 0 saturated carbocycles. The van der Waals surface area contributed by atoms with Crippen LogP contribution in [0.2, 0.25) is 0 Å². The normalized spacial score (nSPS) is 20.1. The van der Waals surface area contributed by atoms with Gasteiger partial charge in [0.05, 0.1) is 19.2 Å². The number of carbonyl (C=O) groups excluding carboxylic acids is 1. The zero-order valence-corrected chi connectivity index (χ0v) is 7.49. The number of aliphatic hydroxyl groups excluding tert-OH is 1. The van der Waals surface area contributed by atoms with Crippen LogP contribution in [0.1, 0.15) is 20.3 Å². The van der Waals surface area contributed by atoms with Gasteiger partial charge in [-0.15, -0.1) is 0 Å². The van der Waals surface area contributed by atoms with E-state index in [4.69, 9.17) is 9.84 Å². The highest BCUT2D eigenvalue weighted by molar-refractivity contribution is 5.68. The lowest BCUT2D eigenvalue weighted by atomic mass is 10.2. The molecule has 1 heterocycles. The third-order valence-corrected chi connectivity index (χ3v) is 2.00. The van der Waals surface area contributed by atoms with Gasteiger partial charge in [0.25, 0.3) is 0 Å². The van der Waals surface area contributed by atoms with E-state index in [2.05, 4.69) is 0 Å². The number of likely N-dealkylation sites (tertiary alicyclic amines) is 1. The molecule has 1 fully saturated rings. The Morgan fingerprint density at radius 1 is 1.75 bits per heavy atom. The molecule has 0 aromatic rings. The third kappa shape index (κ3) is 2.11. The van der Waals surface area contributed by atoms with E-state index in [1.54, 1.807) is 0 Å². The minimum absolute atomic E-state index is 0.0322. The fourth-order valence-electron chi connectivity index (χ4n) is 0.934. The maximum Gasteiger partial charge on any atom is 0.410 e. The summed E-state index contributed by atoms with van der Waals surface area (Å²) in [5.41, 5.74) is 0. The molecular weight excluding hydrogens is 158 g/mol. The van der Waals surface area contributed by atoms with Gasteiger partial charge in [-0.3, -0.25) is 0 Å². The molecule has 4 heteroatoms. The molecule has 1 aliphatic rings. The van der Waals surface area contributed by atoms with Crippen LogP contribution in [0.25, 0.3) is 0 Å². The highest BCUT2D eigenvalue weighted by Crippen LogP contribution is 2.10. The number of β-amino-alcohol motifs (C(OH)–C–C–N with tert-alkyl or cyclic N) is 1. The summed E-state index contributed by atoms with van der Waals surface area (Å²) in [5.74, 6) is 0. The average Bonchev–Trinajstić information content (AvgIpc) is 1.98. The largest absolute Gasteiger partial charge is 0.446 e. The minimum Gasteiger partial charge on any atom is -0.446 e. The van der Waals surface area contributed by atoms with E-state index in [1.807, 2.05) is 13.8 Å². The molecular formula is C8H15NO3. The number of rotatable bonds is 2. The smallest absolute Gasteiger partial charge is 0.410 e. The Balaban J connectivity index is 2.20. The second kappa shape index (κ2) is 3.76. The van der Waals surface area contributed by atoms with Gasteiger partial charge in [0.15, 0.2) is 0 Å². The molecule has 1 saturated heterocycles. The summed E-state index contributed by atoms with van der Waals surface area (Å²) in [4.78, 5) is 12.6. The topological polar surface area (TPSA) is 49.8 Å². The van der Waals surface area contributed by atoms with E-state index in [-0.39, 0.29) is 18.3 Å². The van der Waals surface area contributed by atoms with E-state index in [1.165, 1.54) is 4.90 Å². The maximum absolute atomic E-state index is 11.1. The molecule has 12 heavy (non-hydrogen) atoms. The SMILES string of the molecule is CCC(C)OC(=O)N1CC(O)C1. The fourth-order valence-corrected chi connectivity index (χ4v) is 0.934. The van der Waals surface area contributed by atoms with Crippen LogP contribution >= 0.6 is 0 Å². The minimum atomic E-state index is -0.352. The highest BCUT2D eigenvalue weighted by Gasteiger charge is 2.30. The number of ether oxygens (including phenoxy) is 1. The summed E-state index contributed by atoms with van der Waals surface area (Å²) < 4.78 is 5.03. The molecule has 0 radical (unpaired) electrons. The zero-order chi connectivity index (χ0) is 9.14. The molecule has 1 aliphatic heterocycles. The number of hydrogen-bond acceptors (Lipinski definition) is 3. The van der Waals surface area contributed by atoms with Gasteiger partial charge in [-0.2, -0.15) is 0 Å². The molecule has 0 aromatic heterocycles. The second-order valence-electron chi connectivity index (χ2n) is 3.16. The lowest BCUT2D eigenvalue weighted by Gasteiger charge is -2.35. The predicted octanol–water partition coefficient (Wildman–Crippen LogP) is 0.598. The zero-order valence-electron chi connectivity index (χ0n) is 7.49. The van der Waals surface area contributed by atoms with Crippen LogP contribution < -0.4 is 0 Å². The Morgan fingerprint density at radius 3 is 2.75 bits per heavy atom.